The molecule has 0 N–H and O–H groups in total. The van der Waals surface area contributed by atoms with Crippen molar-refractivity contribution in [2.24, 2.45) is 11.8 Å². The number of allylic oxidation sites excluding steroid dienone is 2. The molecule has 2 bridgehead atoms. The number of benzene rings is 2. The summed E-state index contributed by atoms with van der Waals surface area (Å²) >= 11 is 0. The van der Waals surface area contributed by atoms with Crippen LogP contribution in [-0.4, -0.2) is 0 Å². The number of hydrogen-bond donors (Lipinski definition) is 0. The summed E-state index contributed by atoms with van der Waals surface area (Å²) in [7, 11) is 0. The number of fused-ring (bicyclic) bond motifs is 5. The van der Waals surface area contributed by atoms with E-state index in [1.54, 1.807) is 6.07 Å². The Bertz CT molecular complexity index is 980. The molecular weight excluding hydrogens is 272 g/mol. The quantitative estimate of drug-likeness (QED) is 0.483. The van der Waals surface area contributed by atoms with Crippen LogP contribution in [-0.2, 0) is 0 Å². The second-order valence-corrected chi connectivity index (χ2v) is 6.56. The molecule has 0 unspecified atom stereocenters. The molecule has 2 aromatic carbocycles. The molecule has 108 valence electrons. The molecule has 3 atom stereocenters. The molecule has 22 heavy (non-hydrogen) atoms. The molecule has 2 nitrogen and oxygen atoms in total. The summed E-state index contributed by atoms with van der Waals surface area (Å²) in [5, 5.41) is 2.82. The zero-order valence-electron chi connectivity index (χ0n) is 12.2. The van der Waals surface area contributed by atoms with E-state index in [2.05, 4.69) is 18.2 Å². The minimum absolute atomic E-state index is 0.0776. The minimum atomic E-state index is 0.0776. The van der Waals surface area contributed by atoms with E-state index in [1.165, 1.54) is 6.42 Å². The van der Waals surface area contributed by atoms with E-state index in [9.17, 15) is 4.79 Å². The summed E-state index contributed by atoms with van der Waals surface area (Å²) in [5.74, 6) is 2.45. The highest BCUT2D eigenvalue weighted by atomic mass is 16.3. The van der Waals surface area contributed by atoms with Crippen LogP contribution >= 0.6 is 0 Å². The van der Waals surface area contributed by atoms with E-state index in [4.69, 9.17) is 4.42 Å². The lowest BCUT2D eigenvalue weighted by molar-refractivity contribution is 0.442. The van der Waals surface area contributed by atoms with E-state index in [0.29, 0.717) is 23.1 Å². The van der Waals surface area contributed by atoms with Gasteiger partial charge in [0.2, 0.25) is 0 Å². The van der Waals surface area contributed by atoms with Gasteiger partial charge in [0.15, 0.2) is 5.43 Å². The zero-order chi connectivity index (χ0) is 14.7. The summed E-state index contributed by atoms with van der Waals surface area (Å²) in [6, 6.07) is 13.7. The first kappa shape index (κ1) is 12.2. The van der Waals surface area contributed by atoms with Gasteiger partial charge in [-0.25, -0.2) is 0 Å². The Morgan fingerprint density at radius 2 is 1.86 bits per heavy atom. The Hall–Kier alpha value is -2.35. The van der Waals surface area contributed by atoms with Crippen LogP contribution in [0.5, 0.6) is 0 Å². The summed E-state index contributed by atoms with van der Waals surface area (Å²) < 4.78 is 6.26. The van der Waals surface area contributed by atoms with Gasteiger partial charge in [-0.3, -0.25) is 4.79 Å². The van der Waals surface area contributed by atoms with Crippen LogP contribution in [0.4, 0.5) is 0 Å². The van der Waals surface area contributed by atoms with Gasteiger partial charge in [-0.05, 0) is 36.1 Å². The van der Waals surface area contributed by atoms with Gasteiger partial charge in [0, 0.05) is 17.4 Å². The van der Waals surface area contributed by atoms with Crippen molar-refractivity contribution >= 4 is 21.7 Å². The van der Waals surface area contributed by atoms with Crippen molar-refractivity contribution in [2.75, 3.05) is 0 Å². The molecule has 1 aromatic heterocycles. The third kappa shape index (κ3) is 1.64. The fraction of sp³-hybridized carbons (Fsp3) is 0.250. The van der Waals surface area contributed by atoms with Crippen LogP contribution in [0.15, 0.2) is 63.8 Å². The maximum atomic E-state index is 12.5. The predicted octanol–water partition coefficient (Wildman–Crippen LogP) is 4.63. The zero-order valence-corrected chi connectivity index (χ0v) is 12.2. The molecule has 1 heterocycles. The van der Waals surface area contributed by atoms with Crippen LogP contribution in [0, 0.1) is 11.8 Å². The summed E-state index contributed by atoms with van der Waals surface area (Å²) in [4.78, 5) is 12.5. The predicted molar refractivity (Wildman–Crippen MR) is 88.1 cm³/mol. The fourth-order valence-corrected chi connectivity index (χ4v) is 4.19. The monoisotopic (exact) mass is 288 g/mol. The number of rotatable bonds is 1. The molecule has 3 aromatic rings. The van der Waals surface area contributed by atoms with E-state index < -0.39 is 0 Å². The first-order valence-corrected chi connectivity index (χ1v) is 7.93. The molecule has 1 saturated carbocycles. The molecule has 0 amide bonds. The third-order valence-electron chi connectivity index (χ3n) is 5.28. The van der Waals surface area contributed by atoms with Gasteiger partial charge in [-0.15, -0.1) is 0 Å². The van der Waals surface area contributed by atoms with Crippen LogP contribution < -0.4 is 5.43 Å². The van der Waals surface area contributed by atoms with Gasteiger partial charge in [-0.1, -0.05) is 42.5 Å². The lowest BCUT2D eigenvalue weighted by Crippen LogP contribution is -2.10. The van der Waals surface area contributed by atoms with Crippen molar-refractivity contribution in [3.8, 4) is 0 Å². The molecule has 2 aliphatic rings. The van der Waals surface area contributed by atoms with Gasteiger partial charge >= 0.3 is 0 Å². The topological polar surface area (TPSA) is 30.2 Å². The highest BCUT2D eigenvalue weighted by molar-refractivity contribution is 6.03. The second-order valence-electron chi connectivity index (χ2n) is 6.56. The highest BCUT2D eigenvalue weighted by Crippen LogP contribution is 2.48. The van der Waals surface area contributed by atoms with Crippen LogP contribution in [0.2, 0.25) is 0 Å². The average Bonchev–Trinajstić information content (AvgIpc) is 3.17. The van der Waals surface area contributed by atoms with Gasteiger partial charge in [0.05, 0.1) is 5.39 Å². The van der Waals surface area contributed by atoms with Crippen molar-refractivity contribution in [3.63, 3.8) is 0 Å². The van der Waals surface area contributed by atoms with E-state index in [1.807, 2.05) is 30.3 Å². The lowest BCUT2D eigenvalue weighted by atomic mass is 9.91. The first-order chi connectivity index (χ1) is 10.8. The molecular formula is C20H16O2. The molecule has 1 fully saturated rings. The Morgan fingerprint density at radius 3 is 2.68 bits per heavy atom. The normalized spacial score (nSPS) is 26.3. The summed E-state index contributed by atoms with van der Waals surface area (Å²) in [5.41, 5.74) is 0.820. The van der Waals surface area contributed by atoms with Gasteiger partial charge < -0.3 is 4.42 Å². The Balaban J connectivity index is 1.79. The summed E-state index contributed by atoms with van der Waals surface area (Å²) in [6.45, 7) is 0. The first-order valence-electron chi connectivity index (χ1n) is 7.93. The molecule has 0 spiro atoms. The van der Waals surface area contributed by atoms with Gasteiger partial charge in [0.1, 0.15) is 11.3 Å². The molecule has 2 heteroatoms. The van der Waals surface area contributed by atoms with E-state index >= 15 is 0 Å². The van der Waals surface area contributed by atoms with Crippen molar-refractivity contribution < 1.29 is 4.42 Å². The average molecular weight is 288 g/mol. The molecule has 0 radical (unpaired) electrons. The third-order valence-corrected chi connectivity index (χ3v) is 5.28. The second kappa shape index (κ2) is 4.33. The van der Waals surface area contributed by atoms with Crippen molar-refractivity contribution in [3.05, 3.63) is 70.6 Å². The van der Waals surface area contributed by atoms with Crippen molar-refractivity contribution in [1.82, 2.24) is 0 Å². The lowest BCUT2D eigenvalue weighted by Gasteiger charge is -2.17. The van der Waals surface area contributed by atoms with Crippen LogP contribution in [0.1, 0.15) is 24.5 Å². The largest absolute Gasteiger partial charge is 0.460 e. The smallest absolute Gasteiger partial charge is 0.192 e. The summed E-state index contributed by atoms with van der Waals surface area (Å²) in [6.07, 6.45) is 6.93. The maximum Gasteiger partial charge on any atom is 0.192 e. The standard InChI is InChI=1S/C20H16O2/c21-18-11-19(17-10-12-5-6-14(17)9-12)22-20-15-4-2-1-3-13(15)7-8-16(18)20/h1-8,11-12,14,17H,9-10H2/t12-,14+,17+/m1/s1. The molecule has 0 aliphatic heterocycles. The maximum absolute atomic E-state index is 12.5. The van der Waals surface area contributed by atoms with Crippen molar-refractivity contribution in [1.29, 1.82) is 0 Å². The van der Waals surface area contributed by atoms with E-state index in [-0.39, 0.29) is 5.43 Å². The SMILES string of the molecule is O=c1cc([C@H]2C[C@@H]3C=C[C@H]2C3)oc2c1ccc1ccccc12. The molecule has 5 rings (SSSR count). The molecule has 2 aliphatic carbocycles. The minimum Gasteiger partial charge on any atom is -0.460 e. The van der Waals surface area contributed by atoms with Crippen molar-refractivity contribution in [2.45, 2.75) is 18.8 Å². The van der Waals surface area contributed by atoms with Gasteiger partial charge in [-0.2, -0.15) is 0 Å². The van der Waals surface area contributed by atoms with Gasteiger partial charge in [0.25, 0.3) is 0 Å². The Morgan fingerprint density at radius 1 is 0.955 bits per heavy atom. The van der Waals surface area contributed by atoms with Crippen LogP contribution in [0.25, 0.3) is 21.7 Å². The highest BCUT2D eigenvalue weighted by Gasteiger charge is 2.38. The van der Waals surface area contributed by atoms with Crippen LogP contribution in [0.3, 0.4) is 0 Å². The Kier molecular flexibility index (Phi) is 2.40. The molecule has 0 saturated heterocycles. The number of hydrogen-bond acceptors (Lipinski definition) is 2. The Labute approximate surface area is 128 Å². The fourth-order valence-electron chi connectivity index (χ4n) is 4.19. The van der Waals surface area contributed by atoms with E-state index in [0.717, 1.165) is 28.5 Å².